The SMILES string of the molecule is CC1(C)CNC(CC2C3CC4CC(C3)CC2C4)C1. The molecule has 0 aromatic heterocycles. The van der Waals surface area contributed by atoms with Crippen molar-refractivity contribution in [1.82, 2.24) is 5.32 Å². The maximum absolute atomic E-state index is 3.81. The highest BCUT2D eigenvalue weighted by atomic mass is 15.0. The van der Waals surface area contributed by atoms with Gasteiger partial charge in [0.1, 0.15) is 0 Å². The summed E-state index contributed by atoms with van der Waals surface area (Å²) in [4.78, 5) is 0. The van der Waals surface area contributed by atoms with Gasteiger partial charge in [-0.1, -0.05) is 13.8 Å². The van der Waals surface area contributed by atoms with Crippen molar-refractivity contribution in [3.63, 3.8) is 0 Å². The van der Waals surface area contributed by atoms with Crippen LogP contribution < -0.4 is 5.32 Å². The van der Waals surface area contributed by atoms with Crippen LogP contribution in [-0.4, -0.2) is 12.6 Å². The predicted octanol–water partition coefficient (Wildman–Crippen LogP) is 3.84. The minimum atomic E-state index is 0.552. The van der Waals surface area contributed by atoms with Crippen LogP contribution in [-0.2, 0) is 0 Å². The summed E-state index contributed by atoms with van der Waals surface area (Å²) >= 11 is 0. The Morgan fingerprint density at radius 2 is 1.56 bits per heavy atom. The lowest BCUT2D eigenvalue weighted by atomic mass is 9.51. The molecule has 1 unspecified atom stereocenters. The summed E-state index contributed by atoms with van der Waals surface area (Å²) < 4.78 is 0. The fourth-order valence-electron chi connectivity index (χ4n) is 6.15. The average molecular weight is 247 g/mol. The van der Waals surface area contributed by atoms with Gasteiger partial charge in [-0.05, 0) is 80.0 Å². The lowest BCUT2D eigenvalue weighted by molar-refractivity contribution is -0.0428. The van der Waals surface area contributed by atoms with Crippen molar-refractivity contribution in [1.29, 1.82) is 0 Å². The Bertz CT molecular complexity index is 305. The second-order valence-electron chi connectivity index (χ2n) is 8.78. The molecule has 102 valence electrons. The molecular formula is C17H29N. The quantitative estimate of drug-likeness (QED) is 0.782. The Balaban J connectivity index is 1.43. The number of nitrogens with one attached hydrogen (secondary N) is 1. The first kappa shape index (κ1) is 11.8. The lowest BCUT2D eigenvalue weighted by Crippen LogP contribution is -2.46. The highest BCUT2D eigenvalue weighted by Gasteiger charge is 2.48. The third-order valence-electron chi connectivity index (χ3n) is 6.65. The first-order chi connectivity index (χ1) is 8.59. The van der Waals surface area contributed by atoms with E-state index >= 15 is 0 Å². The van der Waals surface area contributed by atoms with E-state index in [1.807, 2.05) is 0 Å². The molecular weight excluding hydrogens is 218 g/mol. The second-order valence-corrected chi connectivity index (χ2v) is 8.78. The zero-order valence-electron chi connectivity index (χ0n) is 12.1. The van der Waals surface area contributed by atoms with Gasteiger partial charge in [0.2, 0.25) is 0 Å². The molecule has 4 saturated carbocycles. The van der Waals surface area contributed by atoms with Gasteiger partial charge in [0.05, 0.1) is 0 Å². The molecule has 5 fully saturated rings. The third-order valence-corrected chi connectivity index (χ3v) is 6.65. The smallest absolute Gasteiger partial charge is 0.00756 e. The first-order valence-corrected chi connectivity index (χ1v) is 8.32. The fraction of sp³-hybridized carbons (Fsp3) is 1.00. The summed E-state index contributed by atoms with van der Waals surface area (Å²) in [6, 6.07) is 0.836. The summed E-state index contributed by atoms with van der Waals surface area (Å²) in [6.07, 6.45) is 10.9. The molecule has 1 saturated heterocycles. The number of hydrogen-bond acceptors (Lipinski definition) is 1. The molecule has 0 amide bonds. The summed E-state index contributed by atoms with van der Waals surface area (Å²) in [5, 5.41) is 3.81. The van der Waals surface area contributed by atoms with Crippen LogP contribution in [0.5, 0.6) is 0 Å². The van der Waals surface area contributed by atoms with Gasteiger partial charge in [-0.3, -0.25) is 0 Å². The Kier molecular flexibility index (Phi) is 2.60. The maximum Gasteiger partial charge on any atom is 0.00756 e. The van der Waals surface area contributed by atoms with Crippen molar-refractivity contribution in [2.24, 2.45) is 35.0 Å². The highest BCUT2D eigenvalue weighted by Crippen LogP contribution is 2.57. The molecule has 18 heavy (non-hydrogen) atoms. The van der Waals surface area contributed by atoms with Gasteiger partial charge in [0.15, 0.2) is 0 Å². The van der Waals surface area contributed by atoms with Crippen LogP contribution in [0.15, 0.2) is 0 Å². The molecule has 1 heteroatoms. The third kappa shape index (κ3) is 1.94. The Morgan fingerprint density at radius 1 is 0.944 bits per heavy atom. The van der Waals surface area contributed by atoms with Crippen LogP contribution in [0.1, 0.15) is 58.8 Å². The summed E-state index contributed by atoms with van der Waals surface area (Å²) in [5.74, 6) is 5.59. The van der Waals surface area contributed by atoms with E-state index in [-0.39, 0.29) is 0 Å². The molecule has 0 radical (unpaired) electrons. The first-order valence-electron chi connectivity index (χ1n) is 8.32. The molecule has 1 heterocycles. The van der Waals surface area contributed by atoms with Crippen molar-refractivity contribution in [2.75, 3.05) is 6.54 Å². The molecule has 1 N–H and O–H groups in total. The minimum Gasteiger partial charge on any atom is -0.313 e. The van der Waals surface area contributed by atoms with E-state index < -0.39 is 0 Å². The van der Waals surface area contributed by atoms with Crippen molar-refractivity contribution in [2.45, 2.75) is 64.8 Å². The summed E-state index contributed by atoms with van der Waals surface area (Å²) in [7, 11) is 0. The predicted molar refractivity (Wildman–Crippen MR) is 75.3 cm³/mol. The van der Waals surface area contributed by atoms with Crippen LogP contribution in [0, 0.1) is 35.0 Å². The molecule has 1 aliphatic heterocycles. The molecule has 1 atom stereocenters. The molecule has 5 rings (SSSR count). The van der Waals surface area contributed by atoms with Crippen LogP contribution in [0.3, 0.4) is 0 Å². The second kappa shape index (κ2) is 3.98. The van der Waals surface area contributed by atoms with E-state index in [1.165, 1.54) is 19.4 Å². The van der Waals surface area contributed by atoms with E-state index in [4.69, 9.17) is 0 Å². The van der Waals surface area contributed by atoms with E-state index in [0.717, 1.165) is 35.6 Å². The fourth-order valence-corrected chi connectivity index (χ4v) is 6.15. The molecule has 0 aromatic carbocycles. The molecule has 0 spiro atoms. The van der Waals surface area contributed by atoms with Gasteiger partial charge < -0.3 is 5.32 Å². The van der Waals surface area contributed by atoms with Crippen LogP contribution in [0.2, 0.25) is 0 Å². The molecule has 4 bridgehead atoms. The molecule has 4 aliphatic carbocycles. The Labute approximate surface area is 112 Å². The van der Waals surface area contributed by atoms with Gasteiger partial charge in [0.25, 0.3) is 0 Å². The maximum atomic E-state index is 3.81. The van der Waals surface area contributed by atoms with E-state index in [0.29, 0.717) is 5.41 Å². The lowest BCUT2D eigenvalue weighted by Gasteiger charge is -2.55. The van der Waals surface area contributed by atoms with Gasteiger partial charge in [-0.15, -0.1) is 0 Å². The molecule has 1 nitrogen and oxygen atoms in total. The zero-order chi connectivity index (χ0) is 12.3. The Hall–Kier alpha value is -0.0400. The monoisotopic (exact) mass is 247 g/mol. The van der Waals surface area contributed by atoms with E-state index in [1.54, 1.807) is 32.1 Å². The number of hydrogen-bond donors (Lipinski definition) is 1. The normalized spacial score (nSPS) is 53.0. The molecule has 5 aliphatic rings. The van der Waals surface area contributed by atoms with Crippen molar-refractivity contribution < 1.29 is 0 Å². The highest BCUT2D eigenvalue weighted by molar-refractivity contribution is 5.00. The molecule has 0 aromatic rings. The summed E-state index contributed by atoms with van der Waals surface area (Å²) in [5.41, 5.74) is 0.552. The zero-order valence-corrected chi connectivity index (χ0v) is 12.1. The number of rotatable bonds is 2. The average Bonchev–Trinajstić information content (AvgIpc) is 2.62. The van der Waals surface area contributed by atoms with E-state index in [2.05, 4.69) is 19.2 Å². The van der Waals surface area contributed by atoms with Crippen molar-refractivity contribution in [3.8, 4) is 0 Å². The van der Waals surface area contributed by atoms with Gasteiger partial charge in [-0.2, -0.15) is 0 Å². The largest absolute Gasteiger partial charge is 0.313 e. The van der Waals surface area contributed by atoms with Gasteiger partial charge in [0, 0.05) is 12.6 Å². The summed E-state index contributed by atoms with van der Waals surface area (Å²) in [6.45, 7) is 6.10. The van der Waals surface area contributed by atoms with Gasteiger partial charge >= 0.3 is 0 Å². The minimum absolute atomic E-state index is 0.552. The van der Waals surface area contributed by atoms with Crippen LogP contribution in [0.4, 0.5) is 0 Å². The van der Waals surface area contributed by atoms with Crippen LogP contribution >= 0.6 is 0 Å². The van der Waals surface area contributed by atoms with Crippen molar-refractivity contribution in [3.05, 3.63) is 0 Å². The van der Waals surface area contributed by atoms with E-state index in [9.17, 15) is 0 Å². The standard InChI is InChI=1S/C17H29N/c1-17(2)9-15(18-10-17)8-16-13-4-11-3-12(6-13)7-14(16)5-11/h11-16,18H,3-10H2,1-2H3. The van der Waals surface area contributed by atoms with Crippen LogP contribution in [0.25, 0.3) is 0 Å². The van der Waals surface area contributed by atoms with Gasteiger partial charge in [-0.25, -0.2) is 0 Å². The van der Waals surface area contributed by atoms with Crippen molar-refractivity contribution >= 4 is 0 Å². The Morgan fingerprint density at radius 3 is 2.06 bits per heavy atom. The topological polar surface area (TPSA) is 12.0 Å².